The molecule has 8 heteroatoms. The lowest BCUT2D eigenvalue weighted by Gasteiger charge is -2.25. The smallest absolute Gasteiger partial charge is 0.410 e. The number of carbonyl (C=O) groups is 2. The average Bonchev–Trinajstić information content (AvgIpc) is 2.98. The van der Waals surface area contributed by atoms with Gasteiger partial charge in [0.15, 0.2) is 0 Å². The zero-order valence-electron chi connectivity index (χ0n) is 14.6. The lowest BCUT2D eigenvalue weighted by Crippen LogP contribution is -2.38. The number of fused-ring (bicyclic) bond motifs is 1. The standard InChI is InChI=1S/C18H21N3O4S/c1-19-12-18(25-17(19)24)7-4-9-20(10-8-18)15(22)11-21-16(23)13-5-2-3-6-14(13)26-21/h2-3,5-6H,4,7-12H2,1H3/t18-/m1/s1. The number of rotatable bonds is 2. The van der Waals surface area contributed by atoms with E-state index in [1.807, 2.05) is 18.2 Å². The molecule has 2 aliphatic heterocycles. The van der Waals surface area contributed by atoms with Crippen LogP contribution in [0.5, 0.6) is 0 Å². The lowest BCUT2D eigenvalue weighted by molar-refractivity contribution is -0.131. The number of nitrogens with zero attached hydrogens (tertiary/aromatic N) is 3. The zero-order chi connectivity index (χ0) is 18.3. The van der Waals surface area contributed by atoms with E-state index in [-0.39, 0.29) is 24.1 Å². The molecule has 0 unspecified atom stereocenters. The van der Waals surface area contributed by atoms with Crippen LogP contribution in [-0.4, -0.2) is 58.0 Å². The Morgan fingerprint density at radius 3 is 2.77 bits per heavy atom. The molecule has 2 aliphatic rings. The first-order chi connectivity index (χ1) is 12.5. The molecule has 7 nitrogen and oxygen atoms in total. The van der Waals surface area contributed by atoms with Crippen LogP contribution in [0, 0.1) is 0 Å². The van der Waals surface area contributed by atoms with E-state index >= 15 is 0 Å². The van der Waals surface area contributed by atoms with Crippen LogP contribution in [-0.2, 0) is 16.1 Å². The van der Waals surface area contributed by atoms with Gasteiger partial charge in [-0.2, -0.15) is 0 Å². The second-order valence-electron chi connectivity index (χ2n) is 7.07. The van der Waals surface area contributed by atoms with Crippen molar-refractivity contribution in [3.63, 3.8) is 0 Å². The van der Waals surface area contributed by atoms with Crippen LogP contribution in [0.1, 0.15) is 19.3 Å². The first-order valence-electron chi connectivity index (χ1n) is 8.78. The van der Waals surface area contributed by atoms with Crippen molar-refractivity contribution in [2.45, 2.75) is 31.4 Å². The number of benzene rings is 1. The third-order valence-electron chi connectivity index (χ3n) is 5.22. The number of hydrogen-bond donors (Lipinski definition) is 0. The molecule has 1 spiro atoms. The maximum absolute atomic E-state index is 12.7. The van der Waals surface area contributed by atoms with Crippen LogP contribution < -0.4 is 5.56 Å². The molecule has 2 amide bonds. The van der Waals surface area contributed by atoms with Gasteiger partial charge in [-0.05, 0) is 25.0 Å². The van der Waals surface area contributed by atoms with E-state index in [4.69, 9.17) is 4.74 Å². The van der Waals surface area contributed by atoms with E-state index < -0.39 is 5.60 Å². The predicted molar refractivity (Wildman–Crippen MR) is 98.4 cm³/mol. The Kier molecular flexibility index (Phi) is 4.22. The van der Waals surface area contributed by atoms with E-state index in [1.54, 1.807) is 22.9 Å². The molecule has 0 N–H and O–H groups in total. The summed E-state index contributed by atoms with van der Waals surface area (Å²) in [6.45, 7) is 1.80. The predicted octanol–water partition coefficient (Wildman–Crippen LogP) is 1.90. The molecule has 0 bridgehead atoms. The number of amides is 2. The Balaban J connectivity index is 1.46. The number of hydrogen-bond acceptors (Lipinski definition) is 5. The highest BCUT2D eigenvalue weighted by atomic mass is 32.1. The number of carbonyl (C=O) groups excluding carboxylic acids is 2. The van der Waals surface area contributed by atoms with E-state index in [2.05, 4.69) is 0 Å². The summed E-state index contributed by atoms with van der Waals surface area (Å²) in [7, 11) is 1.73. The molecule has 1 aromatic heterocycles. The number of likely N-dealkylation sites (tertiary alicyclic amines) is 1. The minimum atomic E-state index is -0.477. The first-order valence-corrected chi connectivity index (χ1v) is 9.56. The fourth-order valence-corrected chi connectivity index (χ4v) is 4.80. The Morgan fingerprint density at radius 1 is 1.23 bits per heavy atom. The summed E-state index contributed by atoms with van der Waals surface area (Å²) in [4.78, 5) is 40.3. The first kappa shape index (κ1) is 17.1. The molecule has 1 atom stereocenters. The summed E-state index contributed by atoms with van der Waals surface area (Å²) >= 11 is 1.32. The molecule has 2 fully saturated rings. The molecule has 0 saturated carbocycles. The van der Waals surface area contributed by atoms with Gasteiger partial charge in [0.25, 0.3) is 5.56 Å². The highest BCUT2D eigenvalue weighted by Gasteiger charge is 2.44. The van der Waals surface area contributed by atoms with E-state index in [0.717, 1.165) is 17.5 Å². The fourth-order valence-electron chi connectivity index (χ4n) is 3.81. The van der Waals surface area contributed by atoms with Gasteiger partial charge in [-0.3, -0.25) is 13.5 Å². The summed E-state index contributed by atoms with van der Waals surface area (Å²) in [6, 6.07) is 7.40. The Labute approximate surface area is 154 Å². The van der Waals surface area contributed by atoms with Crippen molar-refractivity contribution < 1.29 is 14.3 Å². The highest BCUT2D eigenvalue weighted by Crippen LogP contribution is 2.32. The van der Waals surface area contributed by atoms with Gasteiger partial charge in [0, 0.05) is 26.6 Å². The van der Waals surface area contributed by atoms with Crippen LogP contribution in [0.25, 0.3) is 10.1 Å². The summed E-state index contributed by atoms with van der Waals surface area (Å²) in [5.41, 5.74) is -0.591. The van der Waals surface area contributed by atoms with E-state index in [9.17, 15) is 14.4 Å². The second kappa shape index (κ2) is 6.42. The van der Waals surface area contributed by atoms with Crippen molar-refractivity contribution in [2.75, 3.05) is 26.7 Å². The van der Waals surface area contributed by atoms with Gasteiger partial charge in [-0.15, -0.1) is 0 Å². The zero-order valence-corrected chi connectivity index (χ0v) is 15.5. The van der Waals surface area contributed by atoms with Crippen molar-refractivity contribution in [3.05, 3.63) is 34.6 Å². The molecule has 1 aromatic carbocycles. The van der Waals surface area contributed by atoms with E-state index in [1.165, 1.54) is 15.5 Å². The highest BCUT2D eigenvalue weighted by molar-refractivity contribution is 7.13. The van der Waals surface area contributed by atoms with Gasteiger partial charge in [0.1, 0.15) is 12.1 Å². The Hall–Kier alpha value is -2.35. The number of ether oxygens (including phenoxy) is 1. The van der Waals surface area contributed by atoms with Gasteiger partial charge in [-0.25, -0.2) is 4.79 Å². The minimum Gasteiger partial charge on any atom is -0.441 e. The van der Waals surface area contributed by atoms with E-state index in [0.29, 0.717) is 31.4 Å². The van der Waals surface area contributed by atoms with Crippen LogP contribution in [0.3, 0.4) is 0 Å². The van der Waals surface area contributed by atoms with Crippen LogP contribution >= 0.6 is 11.5 Å². The quantitative estimate of drug-likeness (QED) is 0.804. The van der Waals surface area contributed by atoms with Gasteiger partial charge >= 0.3 is 6.09 Å². The second-order valence-corrected chi connectivity index (χ2v) is 8.13. The largest absolute Gasteiger partial charge is 0.441 e. The Bertz CT molecular complexity index is 921. The number of likely N-dealkylation sites (N-methyl/N-ethyl adjacent to an activating group) is 1. The third kappa shape index (κ3) is 2.98. The minimum absolute atomic E-state index is 0.0604. The molecule has 26 heavy (non-hydrogen) atoms. The average molecular weight is 375 g/mol. The lowest BCUT2D eigenvalue weighted by atomic mass is 9.95. The van der Waals surface area contributed by atoms with Crippen LogP contribution in [0.2, 0.25) is 0 Å². The molecular formula is C18H21N3O4S. The molecule has 2 saturated heterocycles. The van der Waals surface area contributed by atoms with Crippen molar-refractivity contribution in [3.8, 4) is 0 Å². The normalized spacial score (nSPS) is 23.5. The van der Waals surface area contributed by atoms with Gasteiger partial charge in [-0.1, -0.05) is 23.7 Å². The Morgan fingerprint density at radius 2 is 2.04 bits per heavy atom. The monoisotopic (exact) mass is 375 g/mol. The van der Waals surface area contributed by atoms with Gasteiger partial charge in [0.05, 0.1) is 16.6 Å². The van der Waals surface area contributed by atoms with Crippen LogP contribution in [0.15, 0.2) is 29.1 Å². The van der Waals surface area contributed by atoms with Crippen molar-refractivity contribution in [1.82, 2.24) is 13.8 Å². The van der Waals surface area contributed by atoms with Gasteiger partial charge < -0.3 is 14.5 Å². The topological polar surface area (TPSA) is 71.8 Å². The number of aromatic nitrogens is 1. The maximum atomic E-state index is 12.7. The molecule has 0 aliphatic carbocycles. The van der Waals surface area contributed by atoms with Gasteiger partial charge in [0.2, 0.25) is 5.91 Å². The fraction of sp³-hybridized carbons (Fsp3) is 0.500. The third-order valence-corrected chi connectivity index (χ3v) is 6.29. The molecule has 4 rings (SSSR count). The molecule has 3 heterocycles. The van der Waals surface area contributed by atoms with Crippen LogP contribution in [0.4, 0.5) is 4.79 Å². The summed E-state index contributed by atoms with van der Waals surface area (Å²) in [5.74, 6) is -0.0617. The summed E-state index contributed by atoms with van der Waals surface area (Å²) in [6.07, 6.45) is 1.89. The van der Waals surface area contributed by atoms with Crippen molar-refractivity contribution in [2.24, 2.45) is 0 Å². The molecular weight excluding hydrogens is 354 g/mol. The summed E-state index contributed by atoms with van der Waals surface area (Å²) < 4.78 is 8.00. The maximum Gasteiger partial charge on any atom is 0.410 e. The molecule has 138 valence electrons. The summed E-state index contributed by atoms with van der Waals surface area (Å²) in [5, 5.41) is 0.654. The van der Waals surface area contributed by atoms with Crippen molar-refractivity contribution >= 4 is 33.6 Å². The van der Waals surface area contributed by atoms with Crippen molar-refractivity contribution in [1.29, 1.82) is 0 Å². The SMILES string of the molecule is CN1C[C@]2(CCCN(C(=O)Cn3sc4ccccc4c3=O)CC2)OC1=O. The molecule has 0 radical (unpaired) electrons. The molecule has 2 aromatic rings.